The molecule has 4 unspecified atom stereocenters. The van der Waals surface area contributed by atoms with E-state index in [2.05, 4.69) is 12.2 Å². The van der Waals surface area contributed by atoms with Gasteiger partial charge in [0.05, 0.1) is 0 Å². The van der Waals surface area contributed by atoms with Gasteiger partial charge in [-0.1, -0.05) is 6.92 Å². The van der Waals surface area contributed by atoms with Gasteiger partial charge in [0.15, 0.2) is 0 Å². The standard InChI is InChI=1S/C10H20N2/c1-7-4-8(7)6-12-10-3-2-9(11)5-10/h7-10,12H,2-6,11H2,1H3. The van der Waals surface area contributed by atoms with Crippen LogP contribution in [0.2, 0.25) is 0 Å². The van der Waals surface area contributed by atoms with Crippen molar-refractivity contribution < 1.29 is 0 Å². The molecule has 0 aromatic heterocycles. The molecule has 2 saturated carbocycles. The zero-order chi connectivity index (χ0) is 8.55. The van der Waals surface area contributed by atoms with Gasteiger partial charge < -0.3 is 11.1 Å². The Hall–Kier alpha value is -0.0800. The van der Waals surface area contributed by atoms with E-state index in [1.165, 1.54) is 32.2 Å². The van der Waals surface area contributed by atoms with Crippen LogP contribution in [0.1, 0.15) is 32.6 Å². The number of rotatable bonds is 3. The lowest BCUT2D eigenvalue weighted by Crippen LogP contribution is -2.30. The van der Waals surface area contributed by atoms with Gasteiger partial charge in [-0.2, -0.15) is 0 Å². The highest BCUT2D eigenvalue weighted by molar-refractivity contribution is 4.88. The molecule has 2 nitrogen and oxygen atoms in total. The maximum Gasteiger partial charge on any atom is 0.00824 e. The molecule has 2 fully saturated rings. The highest BCUT2D eigenvalue weighted by Crippen LogP contribution is 2.37. The van der Waals surface area contributed by atoms with Crippen LogP contribution in [0.25, 0.3) is 0 Å². The van der Waals surface area contributed by atoms with Crippen molar-refractivity contribution in [3.63, 3.8) is 0 Å². The van der Waals surface area contributed by atoms with Crippen molar-refractivity contribution in [3.05, 3.63) is 0 Å². The Morgan fingerprint density at radius 2 is 2.08 bits per heavy atom. The zero-order valence-electron chi connectivity index (χ0n) is 7.92. The second-order valence-corrected chi connectivity index (χ2v) is 4.65. The van der Waals surface area contributed by atoms with Crippen molar-refractivity contribution in [2.45, 2.75) is 44.7 Å². The van der Waals surface area contributed by atoms with Crippen LogP contribution in [0.15, 0.2) is 0 Å². The van der Waals surface area contributed by atoms with Gasteiger partial charge in [-0.25, -0.2) is 0 Å². The Kier molecular flexibility index (Phi) is 2.37. The lowest BCUT2D eigenvalue weighted by atomic mass is 10.2. The van der Waals surface area contributed by atoms with Crippen molar-refractivity contribution >= 4 is 0 Å². The minimum absolute atomic E-state index is 0.471. The maximum atomic E-state index is 5.83. The number of nitrogens with two attached hydrogens (primary N) is 1. The quantitative estimate of drug-likeness (QED) is 0.662. The van der Waals surface area contributed by atoms with Crippen LogP contribution in [0, 0.1) is 11.8 Å². The average Bonchev–Trinajstić information content (AvgIpc) is 2.56. The molecular formula is C10H20N2. The van der Waals surface area contributed by atoms with Gasteiger partial charge in [0, 0.05) is 12.1 Å². The zero-order valence-corrected chi connectivity index (χ0v) is 7.92. The lowest BCUT2D eigenvalue weighted by molar-refractivity contribution is 0.492. The Balaban J connectivity index is 1.61. The topological polar surface area (TPSA) is 38.0 Å². The fourth-order valence-electron chi connectivity index (χ4n) is 2.20. The van der Waals surface area contributed by atoms with Crippen molar-refractivity contribution in [3.8, 4) is 0 Å². The summed E-state index contributed by atoms with van der Waals surface area (Å²) in [4.78, 5) is 0. The van der Waals surface area contributed by atoms with Crippen molar-refractivity contribution in [2.24, 2.45) is 17.6 Å². The molecule has 0 radical (unpaired) electrons. The largest absolute Gasteiger partial charge is 0.328 e. The summed E-state index contributed by atoms with van der Waals surface area (Å²) in [6, 6.07) is 1.20. The van der Waals surface area contributed by atoms with E-state index in [4.69, 9.17) is 5.73 Å². The minimum atomic E-state index is 0.471. The molecule has 2 heteroatoms. The van der Waals surface area contributed by atoms with Gasteiger partial charge >= 0.3 is 0 Å². The smallest absolute Gasteiger partial charge is 0.00824 e. The third-order valence-corrected chi connectivity index (χ3v) is 3.42. The molecule has 0 bridgehead atoms. The van der Waals surface area contributed by atoms with Gasteiger partial charge in [-0.3, -0.25) is 0 Å². The molecule has 0 aliphatic heterocycles. The third-order valence-electron chi connectivity index (χ3n) is 3.42. The first-order valence-electron chi connectivity index (χ1n) is 5.24. The van der Waals surface area contributed by atoms with E-state index in [-0.39, 0.29) is 0 Å². The van der Waals surface area contributed by atoms with Gasteiger partial charge in [0.1, 0.15) is 0 Å². The van der Waals surface area contributed by atoms with E-state index in [0.29, 0.717) is 6.04 Å². The lowest BCUT2D eigenvalue weighted by Gasteiger charge is -2.11. The van der Waals surface area contributed by atoms with Crippen LogP contribution in [0.3, 0.4) is 0 Å². The first kappa shape index (κ1) is 8.52. The molecule has 0 aromatic rings. The highest BCUT2D eigenvalue weighted by atomic mass is 14.9. The minimum Gasteiger partial charge on any atom is -0.328 e. The van der Waals surface area contributed by atoms with Crippen LogP contribution >= 0.6 is 0 Å². The van der Waals surface area contributed by atoms with Gasteiger partial charge in [0.2, 0.25) is 0 Å². The van der Waals surface area contributed by atoms with Crippen molar-refractivity contribution in [1.82, 2.24) is 5.32 Å². The summed E-state index contributed by atoms with van der Waals surface area (Å²) in [5, 5.41) is 3.62. The van der Waals surface area contributed by atoms with E-state index < -0.39 is 0 Å². The first-order valence-corrected chi connectivity index (χ1v) is 5.24. The van der Waals surface area contributed by atoms with Crippen molar-refractivity contribution in [1.29, 1.82) is 0 Å². The van der Waals surface area contributed by atoms with Crippen LogP contribution < -0.4 is 11.1 Å². The first-order chi connectivity index (χ1) is 5.75. The summed E-state index contributed by atoms with van der Waals surface area (Å²) in [6.07, 6.45) is 5.15. The molecule has 4 atom stereocenters. The molecule has 2 aliphatic rings. The summed E-state index contributed by atoms with van der Waals surface area (Å²) in [5.41, 5.74) is 5.83. The van der Waals surface area contributed by atoms with Crippen LogP contribution in [0.5, 0.6) is 0 Å². The summed E-state index contributed by atoms with van der Waals surface area (Å²) < 4.78 is 0. The number of nitrogens with one attached hydrogen (secondary N) is 1. The second-order valence-electron chi connectivity index (χ2n) is 4.65. The Bertz CT molecular complexity index is 158. The Morgan fingerprint density at radius 3 is 2.58 bits per heavy atom. The molecular weight excluding hydrogens is 148 g/mol. The molecule has 70 valence electrons. The predicted molar refractivity (Wildman–Crippen MR) is 50.9 cm³/mol. The second kappa shape index (κ2) is 3.35. The molecule has 3 N–H and O–H groups in total. The molecule has 0 saturated heterocycles. The van der Waals surface area contributed by atoms with Crippen LogP contribution in [0.4, 0.5) is 0 Å². The fraction of sp³-hybridized carbons (Fsp3) is 1.00. The molecule has 2 rings (SSSR count). The van der Waals surface area contributed by atoms with Crippen LogP contribution in [-0.2, 0) is 0 Å². The summed E-state index contributed by atoms with van der Waals surface area (Å²) >= 11 is 0. The van der Waals surface area contributed by atoms with Gasteiger partial charge in [-0.15, -0.1) is 0 Å². The Labute approximate surface area is 74.9 Å². The molecule has 2 aliphatic carbocycles. The fourth-order valence-corrected chi connectivity index (χ4v) is 2.20. The molecule has 0 aromatic carbocycles. The van der Waals surface area contributed by atoms with Crippen molar-refractivity contribution in [2.75, 3.05) is 6.54 Å². The van der Waals surface area contributed by atoms with E-state index >= 15 is 0 Å². The highest BCUT2D eigenvalue weighted by Gasteiger charge is 2.33. The number of hydrogen-bond acceptors (Lipinski definition) is 2. The van der Waals surface area contributed by atoms with Crippen LogP contribution in [-0.4, -0.2) is 18.6 Å². The monoisotopic (exact) mass is 168 g/mol. The normalized spacial score (nSPS) is 46.5. The predicted octanol–water partition coefficient (Wildman–Crippen LogP) is 1.11. The average molecular weight is 168 g/mol. The maximum absolute atomic E-state index is 5.83. The van der Waals surface area contributed by atoms with E-state index in [9.17, 15) is 0 Å². The van der Waals surface area contributed by atoms with E-state index in [1.54, 1.807) is 0 Å². The van der Waals surface area contributed by atoms with E-state index in [0.717, 1.165) is 17.9 Å². The molecule has 0 heterocycles. The summed E-state index contributed by atoms with van der Waals surface area (Å²) in [6.45, 7) is 3.57. The van der Waals surface area contributed by atoms with Gasteiger partial charge in [-0.05, 0) is 44.1 Å². The summed E-state index contributed by atoms with van der Waals surface area (Å²) in [7, 11) is 0. The van der Waals surface area contributed by atoms with Gasteiger partial charge in [0.25, 0.3) is 0 Å². The Morgan fingerprint density at radius 1 is 1.33 bits per heavy atom. The molecule has 0 amide bonds. The molecule has 12 heavy (non-hydrogen) atoms. The SMILES string of the molecule is CC1CC1CNC1CCC(N)C1. The number of hydrogen-bond donors (Lipinski definition) is 2. The molecule has 0 spiro atoms. The van der Waals surface area contributed by atoms with E-state index in [1.807, 2.05) is 0 Å². The third kappa shape index (κ3) is 1.99. The summed E-state index contributed by atoms with van der Waals surface area (Å²) in [5.74, 6) is 1.95.